The molecular weight excluding hydrogens is 442 g/mol. The normalized spacial score (nSPS) is 10.1. The van der Waals surface area contributed by atoms with E-state index in [1.54, 1.807) is 24.3 Å². The maximum absolute atomic E-state index is 11.8. The number of hydrogen-bond donors (Lipinski definition) is 1. The number of halogens is 2. The van der Waals surface area contributed by atoms with E-state index in [2.05, 4.69) is 37.2 Å². The van der Waals surface area contributed by atoms with E-state index in [4.69, 9.17) is 9.47 Å². The minimum absolute atomic E-state index is 0.266. The average Bonchev–Trinajstić information content (AvgIpc) is 2.54. The van der Waals surface area contributed by atoms with E-state index in [0.717, 1.165) is 14.5 Å². The monoisotopic (exact) mass is 455 g/mol. The molecule has 0 aliphatic rings. The number of nitrogens with one attached hydrogen (secondary N) is 1. The molecule has 0 unspecified atom stereocenters. The van der Waals surface area contributed by atoms with Gasteiger partial charge in [-0.1, -0.05) is 28.1 Å². The van der Waals surface area contributed by atoms with Gasteiger partial charge in [0.15, 0.2) is 13.2 Å². The fourth-order valence-corrected chi connectivity index (χ4v) is 2.77. The Balaban J connectivity index is 1.75. The van der Waals surface area contributed by atoms with Crippen LogP contribution in [0.3, 0.4) is 0 Å². The van der Waals surface area contributed by atoms with E-state index in [1.165, 1.54) is 0 Å². The highest BCUT2D eigenvalue weighted by Gasteiger charge is 2.10. The second kappa shape index (κ2) is 8.84. The first kappa shape index (κ1) is 18.5. The number of rotatable bonds is 6. The summed E-state index contributed by atoms with van der Waals surface area (Å²) >= 11 is 6.67. The zero-order valence-corrected chi connectivity index (χ0v) is 16.0. The molecule has 2 aromatic rings. The molecule has 0 atom stereocenters. The highest BCUT2D eigenvalue weighted by molar-refractivity contribution is 9.10. The fraction of sp³-hybridized carbons (Fsp3) is 0.176. The summed E-state index contributed by atoms with van der Waals surface area (Å²) in [7, 11) is 0. The number of aryl methyl sites for hydroxylation is 1. The molecule has 2 rings (SSSR count). The minimum atomic E-state index is -0.618. The van der Waals surface area contributed by atoms with Crippen molar-refractivity contribution in [2.45, 2.75) is 6.92 Å². The van der Waals surface area contributed by atoms with Crippen molar-refractivity contribution >= 4 is 49.4 Å². The van der Waals surface area contributed by atoms with Crippen molar-refractivity contribution in [1.29, 1.82) is 0 Å². The number of amides is 1. The number of anilines is 1. The second-order valence-corrected chi connectivity index (χ2v) is 6.71. The van der Waals surface area contributed by atoms with Gasteiger partial charge in [-0.3, -0.25) is 4.79 Å². The third kappa shape index (κ3) is 5.98. The predicted molar refractivity (Wildman–Crippen MR) is 98.1 cm³/mol. The van der Waals surface area contributed by atoms with Crippen LogP contribution in [0.2, 0.25) is 0 Å². The van der Waals surface area contributed by atoms with Crippen molar-refractivity contribution in [3.63, 3.8) is 0 Å². The summed E-state index contributed by atoms with van der Waals surface area (Å²) in [5, 5.41) is 2.66. The molecule has 1 N–H and O–H groups in total. The molecule has 126 valence electrons. The molecule has 0 aromatic heterocycles. The Bertz CT molecular complexity index is 749. The molecule has 7 heteroatoms. The van der Waals surface area contributed by atoms with Crippen molar-refractivity contribution < 1.29 is 19.1 Å². The van der Waals surface area contributed by atoms with Crippen LogP contribution in [0.5, 0.6) is 5.75 Å². The first-order valence-corrected chi connectivity index (χ1v) is 8.62. The van der Waals surface area contributed by atoms with Crippen LogP contribution in [-0.4, -0.2) is 25.1 Å². The van der Waals surface area contributed by atoms with E-state index < -0.39 is 11.9 Å². The quantitative estimate of drug-likeness (QED) is 0.665. The molecule has 0 fully saturated rings. The Morgan fingerprint density at radius 1 is 1.08 bits per heavy atom. The van der Waals surface area contributed by atoms with Crippen LogP contribution < -0.4 is 10.1 Å². The van der Waals surface area contributed by atoms with E-state index in [-0.39, 0.29) is 13.2 Å². The van der Waals surface area contributed by atoms with Crippen LogP contribution in [0.1, 0.15) is 5.56 Å². The standard InChI is InChI=1S/C17H15Br2NO4/c1-11-5-6-15(14(19)7-11)20-16(21)9-24-17(22)10-23-13-4-2-3-12(18)8-13/h2-8H,9-10H2,1H3,(H,20,21). The Morgan fingerprint density at radius 3 is 2.58 bits per heavy atom. The molecule has 0 aliphatic heterocycles. The van der Waals surface area contributed by atoms with Gasteiger partial charge in [-0.05, 0) is 58.7 Å². The summed E-state index contributed by atoms with van der Waals surface area (Å²) < 4.78 is 11.8. The second-order valence-electron chi connectivity index (χ2n) is 4.94. The predicted octanol–water partition coefficient (Wildman–Crippen LogP) is 4.08. The Labute approximate surface area is 156 Å². The molecule has 0 saturated heterocycles. The maximum Gasteiger partial charge on any atom is 0.344 e. The lowest BCUT2D eigenvalue weighted by Gasteiger charge is -2.09. The van der Waals surface area contributed by atoms with Crippen LogP contribution in [0.15, 0.2) is 51.4 Å². The third-order valence-electron chi connectivity index (χ3n) is 2.92. The highest BCUT2D eigenvalue weighted by Crippen LogP contribution is 2.23. The lowest BCUT2D eigenvalue weighted by Crippen LogP contribution is -2.23. The molecule has 5 nitrogen and oxygen atoms in total. The SMILES string of the molecule is Cc1ccc(NC(=O)COC(=O)COc2cccc(Br)c2)c(Br)c1. The van der Waals surface area contributed by atoms with Gasteiger partial charge in [0.05, 0.1) is 5.69 Å². The van der Waals surface area contributed by atoms with Crippen molar-refractivity contribution in [3.05, 3.63) is 57.0 Å². The van der Waals surface area contributed by atoms with Crippen molar-refractivity contribution in [2.24, 2.45) is 0 Å². The molecule has 24 heavy (non-hydrogen) atoms. The zero-order chi connectivity index (χ0) is 17.5. The summed E-state index contributed by atoms with van der Waals surface area (Å²) in [6.45, 7) is 1.31. The molecule has 0 spiro atoms. The number of ether oxygens (including phenoxy) is 2. The van der Waals surface area contributed by atoms with E-state index in [1.807, 2.05) is 25.1 Å². The van der Waals surface area contributed by atoms with Gasteiger partial charge < -0.3 is 14.8 Å². The summed E-state index contributed by atoms with van der Waals surface area (Å²) in [6.07, 6.45) is 0. The lowest BCUT2D eigenvalue weighted by atomic mass is 10.2. The zero-order valence-electron chi connectivity index (χ0n) is 12.8. The van der Waals surface area contributed by atoms with E-state index in [9.17, 15) is 9.59 Å². The first-order valence-electron chi connectivity index (χ1n) is 7.04. The lowest BCUT2D eigenvalue weighted by molar-refractivity contribution is -0.149. The van der Waals surface area contributed by atoms with Gasteiger partial charge in [-0.15, -0.1) is 0 Å². The van der Waals surface area contributed by atoms with Crippen molar-refractivity contribution in [2.75, 3.05) is 18.5 Å². The summed E-state index contributed by atoms with van der Waals surface area (Å²) in [6, 6.07) is 12.6. The molecule has 0 aliphatic carbocycles. The van der Waals surface area contributed by atoms with E-state index in [0.29, 0.717) is 11.4 Å². The molecule has 1 amide bonds. The summed E-state index contributed by atoms with van der Waals surface area (Å²) in [5.41, 5.74) is 1.68. The van der Waals surface area contributed by atoms with Gasteiger partial charge in [0.1, 0.15) is 5.75 Å². The Morgan fingerprint density at radius 2 is 1.88 bits per heavy atom. The van der Waals surface area contributed by atoms with E-state index >= 15 is 0 Å². The van der Waals surface area contributed by atoms with Gasteiger partial charge in [-0.2, -0.15) is 0 Å². The number of hydrogen-bond acceptors (Lipinski definition) is 4. The highest BCUT2D eigenvalue weighted by atomic mass is 79.9. The van der Waals surface area contributed by atoms with Gasteiger partial charge in [0.2, 0.25) is 0 Å². The van der Waals surface area contributed by atoms with Crippen LogP contribution in [0.4, 0.5) is 5.69 Å². The van der Waals surface area contributed by atoms with Crippen molar-refractivity contribution in [1.82, 2.24) is 0 Å². The Hall–Kier alpha value is -1.86. The number of carbonyl (C=O) groups is 2. The first-order chi connectivity index (χ1) is 11.4. The Kier molecular flexibility index (Phi) is 6.81. The van der Waals surface area contributed by atoms with Crippen LogP contribution in [0.25, 0.3) is 0 Å². The smallest absolute Gasteiger partial charge is 0.344 e. The summed E-state index contributed by atoms with van der Waals surface area (Å²) in [4.78, 5) is 23.4. The topological polar surface area (TPSA) is 64.6 Å². The minimum Gasteiger partial charge on any atom is -0.482 e. The largest absolute Gasteiger partial charge is 0.482 e. The average molecular weight is 457 g/mol. The van der Waals surface area contributed by atoms with Gasteiger partial charge >= 0.3 is 5.97 Å². The van der Waals surface area contributed by atoms with Gasteiger partial charge in [-0.25, -0.2) is 4.79 Å². The fourth-order valence-electron chi connectivity index (χ4n) is 1.79. The molecular formula is C17H15Br2NO4. The molecule has 0 bridgehead atoms. The van der Waals surface area contributed by atoms with Crippen LogP contribution in [0, 0.1) is 6.92 Å². The van der Waals surface area contributed by atoms with Gasteiger partial charge in [0.25, 0.3) is 5.91 Å². The number of esters is 1. The molecule has 0 saturated carbocycles. The van der Waals surface area contributed by atoms with Gasteiger partial charge in [0, 0.05) is 8.95 Å². The number of benzene rings is 2. The molecule has 0 heterocycles. The maximum atomic E-state index is 11.8. The molecule has 2 aromatic carbocycles. The molecule has 0 radical (unpaired) electrons. The van der Waals surface area contributed by atoms with Crippen molar-refractivity contribution in [3.8, 4) is 5.75 Å². The summed E-state index contributed by atoms with van der Waals surface area (Å²) in [5.74, 6) is -0.502. The van der Waals surface area contributed by atoms with Crippen LogP contribution >= 0.6 is 31.9 Å². The number of carbonyl (C=O) groups excluding carboxylic acids is 2. The van der Waals surface area contributed by atoms with Crippen LogP contribution in [-0.2, 0) is 14.3 Å². The third-order valence-corrected chi connectivity index (χ3v) is 4.07.